The number of carbonyl (C=O) groups is 1. The van der Waals surface area contributed by atoms with Crippen molar-refractivity contribution in [2.45, 2.75) is 12.5 Å². The number of carboxylic acids is 1. The molecule has 1 aliphatic heterocycles. The quantitative estimate of drug-likeness (QED) is 0.857. The van der Waals surface area contributed by atoms with Crippen LogP contribution in [0.2, 0.25) is 0 Å². The minimum absolute atomic E-state index is 0.203. The number of anilines is 1. The Labute approximate surface area is 111 Å². The van der Waals surface area contributed by atoms with Crippen LogP contribution in [0.5, 0.6) is 5.75 Å². The molecule has 0 aromatic heterocycles. The van der Waals surface area contributed by atoms with E-state index in [4.69, 9.17) is 4.74 Å². The number of ether oxygens (including phenoxy) is 1. The van der Waals surface area contributed by atoms with Crippen LogP contribution in [0, 0.1) is 5.92 Å². The van der Waals surface area contributed by atoms with Crippen molar-refractivity contribution in [2.75, 3.05) is 23.9 Å². The Morgan fingerprint density at radius 2 is 2.22 bits per heavy atom. The summed E-state index contributed by atoms with van der Waals surface area (Å²) in [4.78, 5) is 11.3. The van der Waals surface area contributed by atoms with Gasteiger partial charge in [-0.05, 0) is 48.1 Å². The number of rotatable bonds is 5. The Balaban J connectivity index is 2.05. The lowest BCUT2D eigenvalue weighted by Crippen LogP contribution is -2.37. The summed E-state index contributed by atoms with van der Waals surface area (Å²) in [5, 5.41) is 12.4. The molecule has 1 aliphatic rings. The van der Waals surface area contributed by atoms with Gasteiger partial charge in [-0.15, -0.1) is 0 Å². The number of carboxylic acid groups (broad SMARTS) is 1. The summed E-state index contributed by atoms with van der Waals surface area (Å²) in [7, 11) is 1.61. The van der Waals surface area contributed by atoms with E-state index in [1.54, 1.807) is 7.11 Å². The molecule has 2 atom stereocenters. The van der Waals surface area contributed by atoms with Crippen molar-refractivity contribution in [3.63, 3.8) is 0 Å². The van der Waals surface area contributed by atoms with Gasteiger partial charge in [-0.2, -0.15) is 11.8 Å². The van der Waals surface area contributed by atoms with Crippen molar-refractivity contribution in [3.05, 3.63) is 24.3 Å². The maximum absolute atomic E-state index is 11.3. The Bertz CT molecular complexity index is 401. The summed E-state index contributed by atoms with van der Waals surface area (Å²) in [5.74, 6) is 2.16. The molecule has 2 unspecified atom stereocenters. The molecule has 5 heteroatoms. The molecular formula is C13H17NO3S. The van der Waals surface area contributed by atoms with Gasteiger partial charge in [0.2, 0.25) is 0 Å². The van der Waals surface area contributed by atoms with Crippen LogP contribution in [0.3, 0.4) is 0 Å². The summed E-state index contributed by atoms with van der Waals surface area (Å²) in [6.07, 6.45) is 0.963. The highest BCUT2D eigenvalue weighted by molar-refractivity contribution is 7.99. The maximum atomic E-state index is 11.3. The van der Waals surface area contributed by atoms with Crippen LogP contribution in [0.15, 0.2) is 24.3 Å². The monoisotopic (exact) mass is 267 g/mol. The minimum Gasteiger partial charge on any atom is -0.497 e. The molecule has 18 heavy (non-hydrogen) atoms. The summed E-state index contributed by atoms with van der Waals surface area (Å²) < 4.78 is 5.07. The number of nitrogens with one attached hydrogen (secondary N) is 1. The third-order valence-corrected chi connectivity index (χ3v) is 4.30. The van der Waals surface area contributed by atoms with Crippen molar-refractivity contribution < 1.29 is 14.6 Å². The highest BCUT2D eigenvalue weighted by atomic mass is 32.2. The van der Waals surface area contributed by atoms with E-state index in [9.17, 15) is 9.90 Å². The summed E-state index contributed by atoms with van der Waals surface area (Å²) >= 11 is 1.82. The molecule has 2 rings (SSSR count). The fraction of sp³-hybridized carbons (Fsp3) is 0.462. The summed E-state index contributed by atoms with van der Waals surface area (Å²) in [6, 6.07) is 6.83. The van der Waals surface area contributed by atoms with Crippen LogP contribution in [0.1, 0.15) is 6.42 Å². The topological polar surface area (TPSA) is 58.6 Å². The molecule has 0 spiro atoms. The first-order valence-electron chi connectivity index (χ1n) is 5.92. The van der Waals surface area contributed by atoms with E-state index in [0.29, 0.717) is 0 Å². The normalized spacial score (nSPS) is 20.4. The molecule has 1 fully saturated rings. The molecular weight excluding hydrogens is 250 g/mol. The average molecular weight is 267 g/mol. The second-order valence-electron chi connectivity index (χ2n) is 4.31. The number of thioether (sulfide) groups is 1. The molecule has 1 saturated heterocycles. The van der Waals surface area contributed by atoms with E-state index in [2.05, 4.69) is 5.32 Å². The van der Waals surface area contributed by atoms with Gasteiger partial charge in [-0.1, -0.05) is 0 Å². The molecule has 0 bridgehead atoms. The molecule has 0 amide bonds. The van der Waals surface area contributed by atoms with Crippen LogP contribution in [0.25, 0.3) is 0 Å². The molecule has 1 aromatic rings. The van der Waals surface area contributed by atoms with Gasteiger partial charge in [0.05, 0.1) is 7.11 Å². The van der Waals surface area contributed by atoms with Gasteiger partial charge in [0.1, 0.15) is 11.8 Å². The Morgan fingerprint density at radius 1 is 1.50 bits per heavy atom. The zero-order valence-corrected chi connectivity index (χ0v) is 11.1. The lowest BCUT2D eigenvalue weighted by atomic mass is 9.99. The SMILES string of the molecule is COc1ccc(NC(C(=O)O)C2CCSC2)cc1. The predicted molar refractivity (Wildman–Crippen MR) is 73.5 cm³/mol. The van der Waals surface area contributed by atoms with Gasteiger partial charge in [0.15, 0.2) is 0 Å². The Morgan fingerprint density at radius 3 is 2.72 bits per heavy atom. The van der Waals surface area contributed by atoms with Crippen LogP contribution in [0.4, 0.5) is 5.69 Å². The lowest BCUT2D eigenvalue weighted by Gasteiger charge is -2.21. The second-order valence-corrected chi connectivity index (χ2v) is 5.46. The molecule has 2 N–H and O–H groups in total. The van der Waals surface area contributed by atoms with E-state index in [1.807, 2.05) is 36.0 Å². The van der Waals surface area contributed by atoms with E-state index in [0.717, 1.165) is 29.4 Å². The second kappa shape index (κ2) is 6.00. The van der Waals surface area contributed by atoms with Crippen molar-refractivity contribution >= 4 is 23.4 Å². The van der Waals surface area contributed by atoms with Crippen LogP contribution >= 0.6 is 11.8 Å². The predicted octanol–water partition coefficient (Wildman–Crippen LogP) is 2.31. The van der Waals surface area contributed by atoms with Gasteiger partial charge in [0.25, 0.3) is 0 Å². The molecule has 0 saturated carbocycles. The van der Waals surface area contributed by atoms with Gasteiger partial charge in [-0.3, -0.25) is 0 Å². The number of aliphatic carboxylic acids is 1. The smallest absolute Gasteiger partial charge is 0.326 e. The third-order valence-electron chi connectivity index (χ3n) is 3.11. The molecule has 4 nitrogen and oxygen atoms in total. The van der Waals surface area contributed by atoms with Gasteiger partial charge < -0.3 is 15.2 Å². The first kappa shape index (κ1) is 13.1. The van der Waals surface area contributed by atoms with Gasteiger partial charge in [-0.25, -0.2) is 4.79 Å². The number of benzene rings is 1. The zero-order valence-electron chi connectivity index (χ0n) is 10.3. The van der Waals surface area contributed by atoms with Crippen molar-refractivity contribution in [2.24, 2.45) is 5.92 Å². The highest BCUT2D eigenvalue weighted by Crippen LogP contribution is 2.28. The standard InChI is InChI=1S/C13H17NO3S/c1-17-11-4-2-10(3-5-11)14-12(13(15)16)9-6-7-18-8-9/h2-5,9,12,14H,6-8H2,1H3,(H,15,16). The zero-order chi connectivity index (χ0) is 13.0. The summed E-state index contributed by atoms with van der Waals surface area (Å²) in [6.45, 7) is 0. The fourth-order valence-electron chi connectivity index (χ4n) is 2.06. The lowest BCUT2D eigenvalue weighted by molar-refractivity contribution is -0.138. The minimum atomic E-state index is -0.779. The molecule has 1 aromatic carbocycles. The number of hydrogen-bond acceptors (Lipinski definition) is 4. The van der Waals surface area contributed by atoms with Crippen molar-refractivity contribution in [3.8, 4) is 5.75 Å². The van der Waals surface area contributed by atoms with Crippen LogP contribution < -0.4 is 10.1 Å². The maximum Gasteiger partial charge on any atom is 0.326 e. The molecule has 1 heterocycles. The van der Waals surface area contributed by atoms with E-state index in [-0.39, 0.29) is 5.92 Å². The molecule has 0 aliphatic carbocycles. The molecule has 98 valence electrons. The van der Waals surface area contributed by atoms with Gasteiger partial charge in [0, 0.05) is 5.69 Å². The first-order valence-corrected chi connectivity index (χ1v) is 7.07. The van der Waals surface area contributed by atoms with Crippen LogP contribution in [-0.2, 0) is 4.79 Å². The average Bonchev–Trinajstić information content (AvgIpc) is 2.90. The highest BCUT2D eigenvalue weighted by Gasteiger charge is 2.30. The van der Waals surface area contributed by atoms with Gasteiger partial charge >= 0.3 is 5.97 Å². The number of hydrogen-bond donors (Lipinski definition) is 2. The Kier molecular flexibility index (Phi) is 4.36. The largest absolute Gasteiger partial charge is 0.497 e. The molecule has 0 radical (unpaired) electrons. The van der Waals surface area contributed by atoms with Crippen molar-refractivity contribution in [1.82, 2.24) is 0 Å². The first-order chi connectivity index (χ1) is 8.70. The number of methoxy groups -OCH3 is 1. The van der Waals surface area contributed by atoms with E-state index in [1.165, 1.54) is 0 Å². The van der Waals surface area contributed by atoms with Crippen molar-refractivity contribution in [1.29, 1.82) is 0 Å². The summed E-state index contributed by atoms with van der Waals surface area (Å²) in [5.41, 5.74) is 0.820. The Hall–Kier alpha value is -1.36. The fourth-order valence-corrected chi connectivity index (χ4v) is 3.36. The third kappa shape index (κ3) is 3.10. The van der Waals surface area contributed by atoms with E-state index < -0.39 is 12.0 Å². The van der Waals surface area contributed by atoms with E-state index >= 15 is 0 Å². The van der Waals surface area contributed by atoms with Crippen LogP contribution in [-0.4, -0.2) is 35.7 Å².